The molecule has 2 aromatic heterocycles. The number of amides is 1. The summed E-state index contributed by atoms with van der Waals surface area (Å²) in [5, 5.41) is 8.62. The van der Waals surface area contributed by atoms with Crippen LogP contribution in [0.15, 0.2) is 91.1 Å². The standard InChI is InChI=1S/C31H30N4O/c1-4-23-14-16-25(17-15-23)35-22(3)28(20-33-35)30-18-27(26-12-8-9-13-29(26)34-30)31(36)32-19-21(2)24-10-6-5-7-11-24/h5-18,20-21H,4,19H2,1-3H3,(H,32,36)/t21-/m0/s1. The molecule has 1 N–H and O–H groups in total. The molecule has 0 saturated carbocycles. The van der Waals surface area contributed by atoms with Crippen LogP contribution in [-0.2, 0) is 6.42 Å². The molecule has 36 heavy (non-hydrogen) atoms. The van der Waals surface area contributed by atoms with Gasteiger partial charge in [0.2, 0.25) is 0 Å². The molecule has 5 aromatic rings. The van der Waals surface area contributed by atoms with Crippen molar-refractivity contribution in [3.05, 3.63) is 114 Å². The van der Waals surface area contributed by atoms with Gasteiger partial charge in [0.25, 0.3) is 5.91 Å². The number of aromatic nitrogens is 3. The highest BCUT2D eigenvalue weighted by Crippen LogP contribution is 2.28. The SMILES string of the molecule is CCc1ccc(-n2ncc(-c3cc(C(=O)NC[C@H](C)c4ccccc4)c4ccccc4n3)c2C)cc1. The van der Waals surface area contributed by atoms with Gasteiger partial charge >= 0.3 is 0 Å². The van der Waals surface area contributed by atoms with E-state index < -0.39 is 0 Å². The van der Waals surface area contributed by atoms with Gasteiger partial charge in [0.05, 0.1) is 34.4 Å². The highest BCUT2D eigenvalue weighted by Gasteiger charge is 2.18. The Kier molecular flexibility index (Phi) is 6.63. The molecule has 0 saturated heterocycles. The number of aryl methyl sites for hydroxylation is 1. The van der Waals surface area contributed by atoms with Crippen molar-refractivity contribution in [1.29, 1.82) is 0 Å². The van der Waals surface area contributed by atoms with Crippen molar-refractivity contribution in [2.75, 3.05) is 6.54 Å². The molecule has 1 atom stereocenters. The van der Waals surface area contributed by atoms with Crippen LogP contribution in [0.25, 0.3) is 27.8 Å². The number of pyridine rings is 1. The Morgan fingerprint density at radius 1 is 0.972 bits per heavy atom. The average molecular weight is 475 g/mol. The molecule has 5 nitrogen and oxygen atoms in total. The number of fused-ring (bicyclic) bond motifs is 1. The molecule has 180 valence electrons. The molecular weight excluding hydrogens is 444 g/mol. The van der Waals surface area contributed by atoms with Gasteiger partial charge in [0.1, 0.15) is 0 Å². The summed E-state index contributed by atoms with van der Waals surface area (Å²) >= 11 is 0. The van der Waals surface area contributed by atoms with Crippen LogP contribution < -0.4 is 5.32 Å². The van der Waals surface area contributed by atoms with Crippen LogP contribution in [0, 0.1) is 6.92 Å². The van der Waals surface area contributed by atoms with Crippen LogP contribution in [0.4, 0.5) is 0 Å². The lowest BCUT2D eigenvalue weighted by Crippen LogP contribution is -2.27. The molecule has 0 unspecified atom stereocenters. The fourth-order valence-corrected chi connectivity index (χ4v) is 4.54. The number of rotatable bonds is 7. The van der Waals surface area contributed by atoms with E-state index in [1.807, 2.05) is 66.3 Å². The Bertz CT molecular complexity index is 1500. The van der Waals surface area contributed by atoms with Gasteiger partial charge in [-0.05, 0) is 54.7 Å². The second kappa shape index (κ2) is 10.2. The second-order valence-corrected chi connectivity index (χ2v) is 9.17. The maximum Gasteiger partial charge on any atom is 0.252 e. The lowest BCUT2D eigenvalue weighted by molar-refractivity contribution is 0.0953. The van der Waals surface area contributed by atoms with Crippen LogP contribution >= 0.6 is 0 Å². The van der Waals surface area contributed by atoms with E-state index in [2.05, 4.69) is 60.7 Å². The zero-order valence-corrected chi connectivity index (χ0v) is 20.9. The zero-order chi connectivity index (χ0) is 25.1. The molecular formula is C31H30N4O. The van der Waals surface area contributed by atoms with Gasteiger partial charge in [-0.25, -0.2) is 9.67 Å². The number of nitrogens with zero attached hydrogens (tertiary/aromatic N) is 3. The third-order valence-corrected chi connectivity index (χ3v) is 6.77. The lowest BCUT2D eigenvalue weighted by atomic mass is 10.0. The molecule has 0 aliphatic rings. The minimum atomic E-state index is -0.0992. The number of hydrogen-bond acceptors (Lipinski definition) is 3. The minimum Gasteiger partial charge on any atom is -0.351 e. The molecule has 3 aromatic carbocycles. The molecule has 0 bridgehead atoms. The summed E-state index contributed by atoms with van der Waals surface area (Å²) in [4.78, 5) is 18.3. The fourth-order valence-electron chi connectivity index (χ4n) is 4.54. The Hall–Kier alpha value is -4.25. The average Bonchev–Trinajstić information content (AvgIpc) is 3.32. The first kappa shape index (κ1) is 23.5. The molecule has 5 heteroatoms. The number of para-hydroxylation sites is 1. The van der Waals surface area contributed by atoms with Gasteiger partial charge in [-0.15, -0.1) is 0 Å². The van der Waals surface area contributed by atoms with E-state index >= 15 is 0 Å². The molecule has 2 heterocycles. The van der Waals surface area contributed by atoms with Crippen LogP contribution in [0.3, 0.4) is 0 Å². The van der Waals surface area contributed by atoms with Crippen molar-refractivity contribution in [2.45, 2.75) is 33.1 Å². The Labute approximate surface area is 211 Å². The summed E-state index contributed by atoms with van der Waals surface area (Å²) in [5.74, 6) is 0.111. The normalized spacial score (nSPS) is 12.0. The largest absolute Gasteiger partial charge is 0.351 e. The third-order valence-electron chi connectivity index (χ3n) is 6.77. The number of carbonyl (C=O) groups is 1. The van der Waals surface area contributed by atoms with E-state index in [0.29, 0.717) is 12.1 Å². The summed E-state index contributed by atoms with van der Waals surface area (Å²) < 4.78 is 1.92. The lowest BCUT2D eigenvalue weighted by Gasteiger charge is -2.14. The zero-order valence-electron chi connectivity index (χ0n) is 20.9. The van der Waals surface area contributed by atoms with E-state index in [1.54, 1.807) is 0 Å². The number of carbonyl (C=O) groups excluding carboxylic acids is 1. The molecule has 0 aliphatic carbocycles. The summed E-state index contributed by atoms with van der Waals surface area (Å²) in [7, 11) is 0. The monoisotopic (exact) mass is 474 g/mol. The Balaban J connectivity index is 1.47. The highest BCUT2D eigenvalue weighted by molar-refractivity contribution is 6.07. The summed E-state index contributed by atoms with van der Waals surface area (Å²) in [6.45, 7) is 6.86. The summed E-state index contributed by atoms with van der Waals surface area (Å²) in [6.07, 6.45) is 2.83. The maximum atomic E-state index is 13.4. The van der Waals surface area contributed by atoms with Crippen molar-refractivity contribution >= 4 is 16.8 Å². The Morgan fingerprint density at radius 3 is 2.44 bits per heavy atom. The molecule has 0 fully saturated rings. The first-order valence-corrected chi connectivity index (χ1v) is 12.4. The molecule has 5 rings (SSSR count). The van der Waals surface area contributed by atoms with E-state index in [-0.39, 0.29) is 11.8 Å². The number of benzene rings is 3. The highest BCUT2D eigenvalue weighted by atomic mass is 16.1. The Morgan fingerprint density at radius 2 is 1.69 bits per heavy atom. The summed E-state index contributed by atoms with van der Waals surface area (Å²) in [6, 6.07) is 28.3. The van der Waals surface area contributed by atoms with Gasteiger partial charge in [-0.3, -0.25) is 4.79 Å². The van der Waals surface area contributed by atoms with Gasteiger partial charge in [0.15, 0.2) is 0 Å². The molecule has 1 amide bonds. The van der Waals surface area contributed by atoms with Crippen LogP contribution in [0.5, 0.6) is 0 Å². The topological polar surface area (TPSA) is 59.8 Å². The van der Waals surface area contributed by atoms with Crippen molar-refractivity contribution in [3.8, 4) is 16.9 Å². The third kappa shape index (κ3) is 4.65. The van der Waals surface area contributed by atoms with Gasteiger partial charge in [-0.1, -0.05) is 74.5 Å². The smallest absolute Gasteiger partial charge is 0.252 e. The summed E-state index contributed by atoms with van der Waals surface area (Å²) in [5.41, 5.74) is 7.53. The predicted molar refractivity (Wildman–Crippen MR) is 146 cm³/mol. The number of hydrogen-bond donors (Lipinski definition) is 1. The quantitative estimate of drug-likeness (QED) is 0.293. The minimum absolute atomic E-state index is 0.0992. The maximum absolute atomic E-state index is 13.4. The predicted octanol–water partition coefficient (Wildman–Crippen LogP) is 6.49. The molecule has 0 radical (unpaired) electrons. The van der Waals surface area contributed by atoms with Crippen molar-refractivity contribution in [3.63, 3.8) is 0 Å². The van der Waals surface area contributed by atoms with E-state index in [4.69, 9.17) is 4.98 Å². The van der Waals surface area contributed by atoms with Crippen molar-refractivity contribution < 1.29 is 4.79 Å². The van der Waals surface area contributed by atoms with Crippen molar-refractivity contribution in [2.24, 2.45) is 0 Å². The van der Waals surface area contributed by atoms with E-state index in [1.165, 1.54) is 11.1 Å². The molecule has 0 spiro atoms. The first-order valence-electron chi connectivity index (χ1n) is 12.4. The number of nitrogens with one attached hydrogen (secondary N) is 1. The van der Waals surface area contributed by atoms with Gasteiger partial charge < -0.3 is 5.32 Å². The fraction of sp³-hybridized carbons (Fsp3) is 0.194. The van der Waals surface area contributed by atoms with Gasteiger partial charge in [-0.2, -0.15) is 5.10 Å². The van der Waals surface area contributed by atoms with Crippen molar-refractivity contribution in [1.82, 2.24) is 20.1 Å². The second-order valence-electron chi connectivity index (χ2n) is 9.17. The van der Waals surface area contributed by atoms with Gasteiger partial charge in [0, 0.05) is 17.5 Å². The van der Waals surface area contributed by atoms with Crippen LogP contribution in [0.2, 0.25) is 0 Å². The molecule has 0 aliphatic heterocycles. The van der Waals surface area contributed by atoms with E-state index in [9.17, 15) is 4.79 Å². The first-order chi connectivity index (χ1) is 17.5. The van der Waals surface area contributed by atoms with Crippen LogP contribution in [0.1, 0.15) is 46.9 Å². The van der Waals surface area contributed by atoms with Crippen LogP contribution in [-0.4, -0.2) is 27.2 Å². The van der Waals surface area contributed by atoms with E-state index in [0.717, 1.165) is 40.0 Å².